The van der Waals surface area contributed by atoms with E-state index in [0.717, 1.165) is 48.5 Å². The predicted octanol–water partition coefficient (Wildman–Crippen LogP) is 3.35. The molecule has 8 nitrogen and oxygen atoms in total. The summed E-state index contributed by atoms with van der Waals surface area (Å²) in [5.74, 6) is 0. The van der Waals surface area contributed by atoms with Crippen molar-refractivity contribution in [3.8, 4) is 22.6 Å². The van der Waals surface area contributed by atoms with Crippen molar-refractivity contribution < 1.29 is 4.74 Å². The second-order valence-corrected chi connectivity index (χ2v) is 6.99. The third-order valence-electron chi connectivity index (χ3n) is 4.86. The Morgan fingerprint density at radius 3 is 2.89 bits per heavy atom. The van der Waals surface area contributed by atoms with E-state index >= 15 is 0 Å². The Labute approximate surface area is 160 Å². The van der Waals surface area contributed by atoms with Gasteiger partial charge in [0, 0.05) is 31.6 Å². The van der Waals surface area contributed by atoms with Gasteiger partial charge in [-0.3, -0.25) is 4.68 Å². The molecule has 0 amide bonds. The fraction of sp³-hybridized carbons (Fsp3) is 0.333. The van der Waals surface area contributed by atoms with Crippen LogP contribution in [-0.4, -0.2) is 40.8 Å². The summed E-state index contributed by atoms with van der Waals surface area (Å²) in [6.45, 7) is 0.778. The van der Waals surface area contributed by atoms with Gasteiger partial charge in [-0.05, 0) is 37.5 Å². The molecule has 1 fully saturated rings. The number of fused-ring (bicyclic) bond motifs is 1. The number of nitrogens with zero attached hydrogens (tertiary/aromatic N) is 7. The van der Waals surface area contributed by atoms with Crippen LogP contribution in [0.4, 0.5) is 0 Å². The van der Waals surface area contributed by atoms with E-state index in [-0.39, 0.29) is 6.23 Å². The molecule has 0 aromatic carbocycles. The second-order valence-electron chi connectivity index (χ2n) is 6.60. The molecule has 1 saturated heterocycles. The van der Waals surface area contributed by atoms with Crippen LogP contribution in [0.2, 0.25) is 5.15 Å². The maximum absolute atomic E-state index is 6.30. The van der Waals surface area contributed by atoms with Crippen LogP contribution in [0, 0.1) is 0 Å². The van der Waals surface area contributed by atoms with Gasteiger partial charge in [0.25, 0.3) is 0 Å². The van der Waals surface area contributed by atoms with Gasteiger partial charge in [0.1, 0.15) is 17.6 Å². The van der Waals surface area contributed by atoms with Crippen LogP contribution in [0.15, 0.2) is 36.8 Å². The van der Waals surface area contributed by atoms with Crippen LogP contribution in [0.25, 0.3) is 28.3 Å². The zero-order valence-electron chi connectivity index (χ0n) is 14.8. The Morgan fingerprint density at radius 1 is 1.19 bits per heavy atom. The molecule has 4 aromatic heterocycles. The summed E-state index contributed by atoms with van der Waals surface area (Å²) in [6, 6.07) is 5.68. The van der Waals surface area contributed by atoms with Crippen LogP contribution in [0.3, 0.4) is 0 Å². The summed E-state index contributed by atoms with van der Waals surface area (Å²) in [4.78, 5) is 4.58. The van der Waals surface area contributed by atoms with Gasteiger partial charge in [-0.25, -0.2) is 14.2 Å². The normalized spacial score (nSPS) is 17.6. The SMILES string of the molecule is Cn1nccc1-c1cc(Cl)nn2c(-c3ccn(C4CCCCO4)n3)cnc12. The van der Waals surface area contributed by atoms with E-state index in [1.807, 2.05) is 30.1 Å². The number of hydrogen-bond donors (Lipinski definition) is 0. The lowest BCUT2D eigenvalue weighted by atomic mass is 10.2. The molecule has 138 valence electrons. The Kier molecular flexibility index (Phi) is 3.95. The number of halogens is 1. The number of hydrogen-bond acceptors (Lipinski definition) is 5. The van der Waals surface area contributed by atoms with Crippen molar-refractivity contribution in [2.45, 2.75) is 25.5 Å². The van der Waals surface area contributed by atoms with Crippen LogP contribution in [-0.2, 0) is 11.8 Å². The molecule has 0 aliphatic carbocycles. The Hall–Kier alpha value is -2.71. The maximum Gasteiger partial charge on any atom is 0.163 e. The third-order valence-corrected chi connectivity index (χ3v) is 5.04. The monoisotopic (exact) mass is 383 g/mol. The summed E-state index contributed by atoms with van der Waals surface area (Å²) < 4.78 is 11.2. The van der Waals surface area contributed by atoms with E-state index in [4.69, 9.17) is 21.4 Å². The molecule has 0 N–H and O–H groups in total. The average Bonchev–Trinajstić information content (AvgIpc) is 3.40. The lowest BCUT2D eigenvalue weighted by Gasteiger charge is -2.22. The van der Waals surface area contributed by atoms with E-state index in [9.17, 15) is 0 Å². The van der Waals surface area contributed by atoms with Crippen molar-refractivity contribution in [2.24, 2.45) is 7.05 Å². The molecule has 0 radical (unpaired) electrons. The summed E-state index contributed by atoms with van der Waals surface area (Å²) in [6.07, 6.45) is 8.69. The molecule has 0 spiro atoms. The van der Waals surface area contributed by atoms with Crippen LogP contribution in [0.1, 0.15) is 25.5 Å². The average molecular weight is 384 g/mol. The highest BCUT2D eigenvalue weighted by Crippen LogP contribution is 2.29. The van der Waals surface area contributed by atoms with E-state index < -0.39 is 0 Å². The maximum atomic E-state index is 6.30. The van der Waals surface area contributed by atoms with Gasteiger partial charge in [-0.2, -0.15) is 15.3 Å². The minimum absolute atomic E-state index is 0.00626. The van der Waals surface area contributed by atoms with Crippen molar-refractivity contribution in [2.75, 3.05) is 6.61 Å². The minimum Gasteiger partial charge on any atom is -0.357 e. The van der Waals surface area contributed by atoms with Gasteiger partial charge >= 0.3 is 0 Å². The number of aryl methyl sites for hydroxylation is 1. The van der Waals surface area contributed by atoms with E-state index in [0.29, 0.717) is 10.8 Å². The molecule has 1 aliphatic heterocycles. The van der Waals surface area contributed by atoms with Gasteiger partial charge < -0.3 is 4.74 Å². The smallest absolute Gasteiger partial charge is 0.163 e. The largest absolute Gasteiger partial charge is 0.357 e. The molecule has 5 heterocycles. The van der Waals surface area contributed by atoms with Crippen molar-refractivity contribution in [1.29, 1.82) is 0 Å². The predicted molar refractivity (Wildman–Crippen MR) is 100 cm³/mol. The highest BCUT2D eigenvalue weighted by Gasteiger charge is 2.20. The zero-order valence-corrected chi connectivity index (χ0v) is 15.5. The van der Waals surface area contributed by atoms with Crippen molar-refractivity contribution in [3.63, 3.8) is 0 Å². The molecule has 0 saturated carbocycles. The van der Waals surface area contributed by atoms with Crippen LogP contribution < -0.4 is 0 Å². The van der Waals surface area contributed by atoms with Crippen molar-refractivity contribution in [3.05, 3.63) is 41.9 Å². The van der Waals surface area contributed by atoms with E-state index in [1.54, 1.807) is 27.7 Å². The quantitative estimate of drug-likeness (QED) is 0.542. The standard InChI is InChI=1S/C18H18ClN7O/c1-24-14(5-7-21-24)12-10-16(19)23-26-15(11-20-18(12)26)13-6-8-25(22-13)17-4-2-3-9-27-17/h5-8,10-11,17H,2-4,9H2,1H3. The first-order valence-corrected chi connectivity index (χ1v) is 9.28. The molecule has 4 aromatic rings. The Bertz CT molecular complexity index is 1110. The van der Waals surface area contributed by atoms with Gasteiger partial charge in [0.05, 0.1) is 11.9 Å². The molecule has 9 heteroatoms. The highest BCUT2D eigenvalue weighted by molar-refractivity contribution is 6.29. The van der Waals surface area contributed by atoms with Crippen LogP contribution >= 0.6 is 11.6 Å². The Morgan fingerprint density at radius 2 is 2.11 bits per heavy atom. The highest BCUT2D eigenvalue weighted by atomic mass is 35.5. The van der Waals surface area contributed by atoms with Gasteiger partial charge in [0.15, 0.2) is 10.8 Å². The number of ether oxygens (including phenoxy) is 1. The molecule has 5 rings (SSSR count). The van der Waals surface area contributed by atoms with E-state index in [1.165, 1.54) is 0 Å². The topological polar surface area (TPSA) is 75.1 Å². The lowest BCUT2D eigenvalue weighted by molar-refractivity contribution is -0.0393. The fourth-order valence-corrected chi connectivity index (χ4v) is 3.69. The Balaban J connectivity index is 1.60. The molecular formula is C18H18ClN7O. The summed E-state index contributed by atoms with van der Waals surface area (Å²) in [5.41, 5.74) is 4.06. The lowest BCUT2D eigenvalue weighted by Crippen LogP contribution is -2.18. The van der Waals surface area contributed by atoms with Crippen molar-refractivity contribution in [1.82, 2.24) is 34.2 Å². The first-order chi connectivity index (χ1) is 13.2. The number of aromatic nitrogens is 7. The van der Waals surface area contributed by atoms with Crippen molar-refractivity contribution >= 4 is 17.2 Å². The fourth-order valence-electron chi connectivity index (χ4n) is 3.51. The third kappa shape index (κ3) is 2.81. The van der Waals surface area contributed by atoms with E-state index in [2.05, 4.69) is 15.2 Å². The zero-order chi connectivity index (χ0) is 18.4. The minimum atomic E-state index is -0.00626. The first-order valence-electron chi connectivity index (χ1n) is 8.90. The summed E-state index contributed by atoms with van der Waals surface area (Å²) in [7, 11) is 1.88. The molecule has 1 aliphatic rings. The number of rotatable bonds is 3. The number of imidazole rings is 1. The molecule has 27 heavy (non-hydrogen) atoms. The van der Waals surface area contributed by atoms with Gasteiger partial charge in [0.2, 0.25) is 0 Å². The summed E-state index contributed by atoms with van der Waals surface area (Å²) in [5, 5.41) is 13.8. The molecule has 0 bridgehead atoms. The van der Waals surface area contributed by atoms with Gasteiger partial charge in [-0.1, -0.05) is 11.6 Å². The van der Waals surface area contributed by atoms with Gasteiger partial charge in [-0.15, -0.1) is 0 Å². The molecule has 1 atom stereocenters. The molecule has 1 unspecified atom stereocenters. The second kappa shape index (κ2) is 6.47. The first kappa shape index (κ1) is 16.5. The summed E-state index contributed by atoms with van der Waals surface area (Å²) >= 11 is 6.30. The molecular weight excluding hydrogens is 366 g/mol. The van der Waals surface area contributed by atoms with Crippen LogP contribution in [0.5, 0.6) is 0 Å².